The predicted molar refractivity (Wildman–Crippen MR) is 258 cm³/mol. The molecule has 64 heavy (non-hydrogen) atoms. The number of hydrogen-bond donors (Lipinski definition) is 3. The minimum absolute atomic E-state index is 0.0445. The van der Waals surface area contributed by atoms with Gasteiger partial charge in [0.05, 0.1) is 17.4 Å². The van der Waals surface area contributed by atoms with Crippen LogP contribution in [-0.4, -0.2) is 69.7 Å². The first-order valence-electron chi connectivity index (χ1n) is 20.8. The molecule has 340 valence electrons. The number of carbonyl (C=O) groups is 4. The number of aliphatic imine (C=N–C) groups is 2. The third kappa shape index (κ3) is 13.4. The third-order valence-electron chi connectivity index (χ3n) is 10.9. The van der Waals surface area contributed by atoms with E-state index in [4.69, 9.17) is 34.8 Å². The van der Waals surface area contributed by atoms with Gasteiger partial charge in [-0.1, -0.05) is 72.1 Å². The van der Waals surface area contributed by atoms with Crippen LogP contribution in [0.2, 0.25) is 0 Å². The molecule has 4 atom stereocenters. The molecule has 0 spiro atoms. The molecule has 0 radical (unpaired) electrons. The highest BCUT2D eigenvalue weighted by molar-refractivity contribution is 8.16. The molecule has 4 aliphatic rings. The van der Waals surface area contributed by atoms with Crippen LogP contribution in [0.3, 0.4) is 0 Å². The van der Waals surface area contributed by atoms with Crippen LogP contribution >= 0.6 is 58.3 Å². The van der Waals surface area contributed by atoms with Gasteiger partial charge in [-0.25, -0.2) is 8.78 Å². The minimum atomic E-state index is -0.852. The van der Waals surface area contributed by atoms with E-state index in [1.54, 1.807) is 67.6 Å². The summed E-state index contributed by atoms with van der Waals surface area (Å²) in [6, 6.07) is 25.8. The van der Waals surface area contributed by atoms with E-state index in [-0.39, 0.29) is 46.8 Å². The Bertz CT molecular complexity index is 2290. The molecule has 2 unspecified atom stereocenters. The first kappa shape index (κ1) is 50.7. The second-order valence-corrected chi connectivity index (χ2v) is 19.5. The Morgan fingerprint density at radius 2 is 1.03 bits per heavy atom. The van der Waals surface area contributed by atoms with Gasteiger partial charge in [0.2, 0.25) is 11.8 Å². The summed E-state index contributed by atoms with van der Waals surface area (Å²) in [7, 11) is 0. The van der Waals surface area contributed by atoms with Gasteiger partial charge in [-0.15, -0.1) is 23.2 Å². The summed E-state index contributed by atoms with van der Waals surface area (Å²) in [5.41, 5.74) is 4.32. The molecule has 4 fully saturated rings. The number of likely N-dealkylation sites (tertiary alicyclic amines) is 1. The van der Waals surface area contributed by atoms with E-state index < -0.39 is 14.7 Å². The van der Waals surface area contributed by atoms with Crippen molar-refractivity contribution in [2.45, 2.75) is 75.0 Å². The summed E-state index contributed by atoms with van der Waals surface area (Å²) < 4.78 is 24.5. The van der Waals surface area contributed by atoms with Crippen molar-refractivity contribution >= 4 is 91.6 Å². The van der Waals surface area contributed by atoms with Gasteiger partial charge >= 0.3 is 0 Å². The maximum atomic E-state index is 13.1. The standard InChI is InChI=1S/C23H24FN3O2S.C19H16ClFN2O2S.C4H9N.CH2Cl2/c1-15(16-7-11-19(24)12-8-16)25-22-26-21(29)23(2,30-22)18-9-5-17(6-10-18)20(28)27-13-3-4-14-27;1-11(12-5-9-15(21)10-6-12)22-18-23-17(25)19(2,26-18)14-7-3-13(4-8-14)16(20)24;1-2-4-5-3-1;2-1-3/h5-12,15H,3-4,13-14H2,1-2H3,(H,25,26,29);3-11H,1-2H3,(H,22,23,25);5H,1-4H2;1H2/t15-,23?;11-,19?;;/m00../s1. The van der Waals surface area contributed by atoms with Crippen LogP contribution in [0.5, 0.6) is 0 Å². The van der Waals surface area contributed by atoms with Crippen molar-refractivity contribution < 1.29 is 28.0 Å². The maximum absolute atomic E-state index is 13.1. The first-order valence-corrected chi connectivity index (χ1v) is 23.9. The van der Waals surface area contributed by atoms with Crippen molar-refractivity contribution in [2.24, 2.45) is 9.98 Å². The summed E-state index contributed by atoms with van der Waals surface area (Å²) in [5.74, 6) is -0.873. The monoisotopic (exact) mass is 970 g/mol. The molecule has 3 N–H and O–H groups in total. The van der Waals surface area contributed by atoms with E-state index in [2.05, 4.69) is 25.9 Å². The summed E-state index contributed by atoms with van der Waals surface area (Å²) in [5, 5.41) is 9.58. The molecule has 4 aromatic rings. The number of hydrogen-bond acceptors (Lipinski definition) is 9. The van der Waals surface area contributed by atoms with Crippen molar-refractivity contribution in [3.63, 3.8) is 0 Å². The lowest BCUT2D eigenvalue weighted by atomic mass is 9.98. The molecule has 4 aromatic carbocycles. The molecule has 17 heteroatoms. The average molecular weight is 972 g/mol. The average Bonchev–Trinajstić information content (AvgIpc) is 4.13. The molecular weight excluding hydrogens is 921 g/mol. The van der Waals surface area contributed by atoms with E-state index in [1.807, 2.05) is 37.8 Å². The number of nitrogens with one attached hydrogen (secondary N) is 3. The zero-order chi connectivity index (χ0) is 46.4. The number of alkyl halides is 2. The number of nitrogens with zero attached hydrogens (tertiary/aromatic N) is 3. The highest BCUT2D eigenvalue weighted by Gasteiger charge is 2.45. The Morgan fingerprint density at radius 1 is 0.656 bits per heavy atom. The van der Waals surface area contributed by atoms with Crippen LogP contribution in [-0.2, 0) is 19.1 Å². The van der Waals surface area contributed by atoms with Crippen LogP contribution in [0.25, 0.3) is 0 Å². The third-order valence-corrected chi connectivity index (χ3v) is 13.6. The van der Waals surface area contributed by atoms with Crippen LogP contribution in [0.4, 0.5) is 8.78 Å². The van der Waals surface area contributed by atoms with Crippen LogP contribution in [0.1, 0.15) is 108 Å². The van der Waals surface area contributed by atoms with Crippen molar-refractivity contribution in [2.75, 3.05) is 31.5 Å². The molecule has 10 nitrogen and oxygen atoms in total. The molecule has 4 heterocycles. The number of thioether (sulfide) groups is 2. The van der Waals surface area contributed by atoms with Crippen molar-refractivity contribution in [3.05, 3.63) is 142 Å². The van der Waals surface area contributed by atoms with E-state index in [1.165, 1.54) is 73.7 Å². The van der Waals surface area contributed by atoms with Gasteiger partial charge in [0, 0.05) is 24.2 Å². The zero-order valence-electron chi connectivity index (χ0n) is 35.9. The van der Waals surface area contributed by atoms with E-state index in [0.717, 1.165) is 48.2 Å². The van der Waals surface area contributed by atoms with Crippen LogP contribution in [0, 0.1) is 11.6 Å². The topological polar surface area (TPSA) is 132 Å². The van der Waals surface area contributed by atoms with Gasteiger partial charge in [0.1, 0.15) is 21.1 Å². The predicted octanol–water partition coefficient (Wildman–Crippen LogP) is 10.4. The van der Waals surface area contributed by atoms with Crippen LogP contribution < -0.4 is 16.0 Å². The second-order valence-electron chi connectivity index (χ2n) is 15.5. The molecule has 4 saturated heterocycles. The van der Waals surface area contributed by atoms with Gasteiger partial charge in [-0.2, -0.15) is 0 Å². The number of carbonyl (C=O) groups excluding carboxylic acids is 4. The normalized spacial score (nSPS) is 22.3. The second kappa shape index (κ2) is 23.7. The summed E-state index contributed by atoms with van der Waals surface area (Å²) in [4.78, 5) is 60.1. The molecule has 8 rings (SSSR count). The van der Waals surface area contributed by atoms with E-state index in [0.29, 0.717) is 21.5 Å². The highest BCUT2D eigenvalue weighted by atomic mass is 35.5. The quantitative estimate of drug-likeness (QED) is 0.118. The van der Waals surface area contributed by atoms with Gasteiger partial charge in [0.25, 0.3) is 11.1 Å². The molecular formula is C47H51Cl3F2N6O4S2. The van der Waals surface area contributed by atoms with Crippen molar-refractivity contribution in [1.82, 2.24) is 20.9 Å². The number of rotatable bonds is 8. The van der Waals surface area contributed by atoms with E-state index >= 15 is 0 Å². The van der Waals surface area contributed by atoms with Gasteiger partial charge in [0.15, 0.2) is 10.3 Å². The SMILES string of the molecule is C1CCNC1.C[C@H](N=C1NC(=O)C(C)(c2ccc(C(=O)Cl)cc2)S1)c1ccc(F)cc1.C[C@H](N=C1NC(=O)C(C)(c2ccc(C(=O)N3CCCC3)cc2)S1)c1ccc(F)cc1.ClCCl. The molecule has 0 bridgehead atoms. The fraction of sp³-hybridized carbons (Fsp3) is 0.362. The Hall–Kier alpha value is -4.31. The Balaban J connectivity index is 0.000000207. The molecule has 0 aliphatic carbocycles. The fourth-order valence-corrected chi connectivity index (χ4v) is 9.43. The van der Waals surface area contributed by atoms with E-state index in [9.17, 15) is 28.0 Å². The lowest BCUT2D eigenvalue weighted by Crippen LogP contribution is -2.32. The summed E-state index contributed by atoms with van der Waals surface area (Å²) in [6.07, 6.45) is 4.88. The van der Waals surface area contributed by atoms with Gasteiger partial charge in [-0.3, -0.25) is 29.2 Å². The largest absolute Gasteiger partial charge is 0.339 e. The fourth-order valence-electron chi connectivity index (χ4n) is 7.02. The number of halogens is 5. The van der Waals surface area contributed by atoms with Crippen molar-refractivity contribution in [3.8, 4) is 0 Å². The van der Waals surface area contributed by atoms with Gasteiger partial charge in [-0.05, 0) is 149 Å². The maximum Gasteiger partial charge on any atom is 0.253 e. The molecule has 4 aliphatic heterocycles. The first-order chi connectivity index (χ1) is 30.6. The lowest BCUT2D eigenvalue weighted by Gasteiger charge is -2.20. The minimum Gasteiger partial charge on any atom is -0.339 e. The summed E-state index contributed by atoms with van der Waals surface area (Å²) >= 11 is 17.7. The summed E-state index contributed by atoms with van der Waals surface area (Å²) in [6.45, 7) is 11.6. The Labute approximate surface area is 396 Å². The van der Waals surface area contributed by atoms with Crippen molar-refractivity contribution in [1.29, 1.82) is 0 Å². The molecule has 0 saturated carbocycles. The lowest BCUT2D eigenvalue weighted by molar-refractivity contribution is -0.122. The Kier molecular flexibility index (Phi) is 18.8. The zero-order valence-corrected chi connectivity index (χ0v) is 39.8. The highest BCUT2D eigenvalue weighted by Crippen LogP contribution is 2.43. The number of benzene rings is 4. The molecule has 3 amide bonds. The number of amidine groups is 2. The van der Waals surface area contributed by atoms with Crippen LogP contribution in [0.15, 0.2) is 107 Å². The number of amides is 3. The smallest absolute Gasteiger partial charge is 0.253 e. The Morgan fingerprint density at radius 3 is 1.38 bits per heavy atom. The molecule has 0 aromatic heterocycles. The van der Waals surface area contributed by atoms with Gasteiger partial charge < -0.3 is 20.9 Å².